The molecule has 2 aliphatic rings. The lowest BCUT2D eigenvalue weighted by molar-refractivity contribution is -0.129. The largest absolute Gasteiger partial charge is 0.503 e. The molecule has 8 nitrogen and oxygen atoms in total. The molecule has 1 unspecified atom stereocenters. The van der Waals surface area contributed by atoms with E-state index >= 15 is 0 Å². The van der Waals surface area contributed by atoms with Gasteiger partial charge >= 0.3 is 0 Å². The highest BCUT2D eigenvalue weighted by atomic mass is 16.5. The van der Waals surface area contributed by atoms with E-state index in [1.165, 1.54) is 18.4 Å². The average Bonchev–Trinajstić information content (AvgIpc) is 3.49. The number of aliphatic hydroxyl groups is 1. The number of rotatable bonds is 11. The zero-order chi connectivity index (χ0) is 24.6. The minimum atomic E-state index is -0.728. The predicted molar refractivity (Wildman–Crippen MR) is 131 cm³/mol. The first-order chi connectivity index (χ1) is 17.1. The Morgan fingerprint density at radius 1 is 1.20 bits per heavy atom. The van der Waals surface area contributed by atoms with Gasteiger partial charge in [0, 0.05) is 26.2 Å². The zero-order valence-electron chi connectivity index (χ0n) is 19.6. The molecule has 184 valence electrons. The molecule has 1 aromatic carbocycles. The monoisotopic (exact) mass is 478 g/mol. The average molecular weight is 479 g/mol. The van der Waals surface area contributed by atoms with Crippen LogP contribution in [0.2, 0.25) is 0 Å². The fraction of sp³-hybridized carbons (Fsp3) is 0.333. The summed E-state index contributed by atoms with van der Waals surface area (Å²) in [6, 6.07) is 9.93. The van der Waals surface area contributed by atoms with Gasteiger partial charge in [-0.1, -0.05) is 24.8 Å². The van der Waals surface area contributed by atoms with Crippen LogP contribution in [0.5, 0.6) is 5.75 Å². The van der Waals surface area contributed by atoms with E-state index < -0.39 is 23.5 Å². The molecule has 0 aliphatic carbocycles. The quantitative estimate of drug-likeness (QED) is 0.390. The third-order valence-electron chi connectivity index (χ3n) is 6.03. The summed E-state index contributed by atoms with van der Waals surface area (Å²) in [7, 11) is 0. The number of carbonyl (C=O) groups is 2. The van der Waals surface area contributed by atoms with Crippen molar-refractivity contribution in [2.75, 3.05) is 46.0 Å². The molecule has 8 heteroatoms. The molecule has 35 heavy (non-hydrogen) atoms. The molecular formula is C27H30N2O6. The van der Waals surface area contributed by atoms with E-state index in [1.807, 2.05) is 6.07 Å². The number of hydrogen-bond donors (Lipinski definition) is 1. The van der Waals surface area contributed by atoms with Gasteiger partial charge in [-0.05, 0) is 48.4 Å². The number of aliphatic hydroxyl groups excluding tert-OH is 1. The molecule has 0 saturated carbocycles. The summed E-state index contributed by atoms with van der Waals surface area (Å²) in [6.07, 6.45) is 6.69. The number of furan rings is 1. The van der Waals surface area contributed by atoms with Crippen LogP contribution >= 0.6 is 0 Å². The Balaban J connectivity index is 1.59. The molecule has 0 radical (unpaired) electrons. The van der Waals surface area contributed by atoms with Crippen molar-refractivity contribution >= 4 is 17.8 Å². The summed E-state index contributed by atoms with van der Waals surface area (Å²) in [5.74, 6) is -0.434. The number of morpholine rings is 1. The van der Waals surface area contributed by atoms with Crippen LogP contribution in [0.3, 0.4) is 0 Å². The summed E-state index contributed by atoms with van der Waals surface area (Å²) in [5, 5.41) is 10.8. The van der Waals surface area contributed by atoms with Gasteiger partial charge in [0.2, 0.25) is 0 Å². The zero-order valence-corrected chi connectivity index (χ0v) is 19.6. The van der Waals surface area contributed by atoms with Crippen LogP contribution in [0.1, 0.15) is 23.8 Å². The highest BCUT2D eigenvalue weighted by molar-refractivity contribution is 6.14. The van der Waals surface area contributed by atoms with E-state index in [9.17, 15) is 14.7 Å². The molecule has 0 bridgehead atoms. The number of allylic oxidation sites excluding steroid dienone is 1. The van der Waals surface area contributed by atoms with Gasteiger partial charge in [-0.25, -0.2) is 0 Å². The highest BCUT2D eigenvalue weighted by Gasteiger charge is 2.42. The number of hydrogen-bond acceptors (Lipinski definition) is 7. The van der Waals surface area contributed by atoms with Gasteiger partial charge in [0.15, 0.2) is 11.5 Å². The normalized spacial score (nSPS) is 19.0. The van der Waals surface area contributed by atoms with Crippen LogP contribution in [0.4, 0.5) is 0 Å². The lowest BCUT2D eigenvalue weighted by Crippen LogP contribution is -2.39. The molecule has 3 heterocycles. The van der Waals surface area contributed by atoms with Crippen LogP contribution < -0.4 is 4.74 Å². The molecule has 0 spiro atoms. The van der Waals surface area contributed by atoms with Crippen molar-refractivity contribution in [1.82, 2.24) is 9.80 Å². The summed E-state index contributed by atoms with van der Waals surface area (Å²) >= 11 is 0. The molecule has 1 amide bonds. The Hall–Kier alpha value is -3.62. The molecule has 1 N–H and O–H groups in total. The molecule has 1 aromatic heterocycles. The number of ketones is 1. The molecule has 2 aromatic rings. The smallest absolute Gasteiger partial charge is 0.290 e. The Morgan fingerprint density at radius 3 is 2.77 bits per heavy atom. The third kappa shape index (κ3) is 5.90. The van der Waals surface area contributed by atoms with E-state index in [0.29, 0.717) is 49.9 Å². The molecule has 1 atom stereocenters. The second kappa shape index (κ2) is 11.7. The Morgan fingerprint density at radius 2 is 2.03 bits per heavy atom. The van der Waals surface area contributed by atoms with Crippen molar-refractivity contribution in [3.63, 3.8) is 0 Å². The Labute approximate surface area is 204 Å². The summed E-state index contributed by atoms with van der Waals surface area (Å²) < 4.78 is 16.3. The maximum absolute atomic E-state index is 13.2. The lowest BCUT2D eigenvalue weighted by Gasteiger charge is -2.30. The second-order valence-corrected chi connectivity index (χ2v) is 8.36. The minimum absolute atomic E-state index is 0.0463. The van der Waals surface area contributed by atoms with E-state index in [1.54, 1.807) is 41.3 Å². The SMILES string of the molecule is C=CCOc1cccc(C2C(C(=O)/C=C/c3ccco3)=C(O)C(=O)N2CCCN2CCOCC2)c1. The van der Waals surface area contributed by atoms with Gasteiger partial charge in [0.05, 0.1) is 31.1 Å². The maximum atomic E-state index is 13.2. The van der Waals surface area contributed by atoms with Gasteiger partial charge in [-0.2, -0.15) is 0 Å². The first-order valence-corrected chi connectivity index (χ1v) is 11.7. The molecule has 1 fully saturated rings. The van der Waals surface area contributed by atoms with Crippen LogP contribution in [0, 0.1) is 0 Å². The third-order valence-corrected chi connectivity index (χ3v) is 6.03. The first kappa shape index (κ1) is 24.5. The van der Waals surface area contributed by atoms with Gasteiger partial charge < -0.3 is 23.9 Å². The van der Waals surface area contributed by atoms with E-state index in [2.05, 4.69) is 11.5 Å². The fourth-order valence-electron chi connectivity index (χ4n) is 4.34. The van der Waals surface area contributed by atoms with Crippen LogP contribution in [-0.2, 0) is 14.3 Å². The number of carbonyl (C=O) groups excluding carboxylic acids is 2. The number of amides is 1. The van der Waals surface area contributed by atoms with Crippen LogP contribution in [0.25, 0.3) is 6.08 Å². The molecule has 1 saturated heterocycles. The van der Waals surface area contributed by atoms with Crippen molar-refractivity contribution in [1.29, 1.82) is 0 Å². The molecule has 2 aliphatic heterocycles. The van der Waals surface area contributed by atoms with Crippen molar-refractivity contribution in [3.8, 4) is 5.75 Å². The van der Waals surface area contributed by atoms with Gasteiger partial charge in [-0.15, -0.1) is 0 Å². The van der Waals surface area contributed by atoms with Crippen molar-refractivity contribution in [2.45, 2.75) is 12.5 Å². The van der Waals surface area contributed by atoms with Crippen molar-refractivity contribution < 1.29 is 28.6 Å². The predicted octanol–water partition coefficient (Wildman–Crippen LogP) is 3.54. The van der Waals surface area contributed by atoms with Crippen molar-refractivity contribution in [2.24, 2.45) is 0 Å². The minimum Gasteiger partial charge on any atom is -0.503 e. The van der Waals surface area contributed by atoms with Crippen LogP contribution in [0.15, 0.2) is 77.1 Å². The van der Waals surface area contributed by atoms with Gasteiger partial charge in [0.1, 0.15) is 18.1 Å². The topological polar surface area (TPSA) is 92.5 Å². The highest BCUT2D eigenvalue weighted by Crippen LogP contribution is 2.39. The summed E-state index contributed by atoms with van der Waals surface area (Å²) in [4.78, 5) is 30.2. The summed E-state index contributed by atoms with van der Waals surface area (Å²) in [5.41, 5.74) is 0.732. The molecular weight excluding hydrogens is 448 g/mol. The first-order valence-electron chi connectivity index (χ1n) is 11.7. The van der Waals surface area contributed by atoms with E-state index in [4.69, 9.17) is 13.9 Å². The second-order valence-electron chi connectivity index (χ2n) is 8.36. The maximum Gasteiger partial charge on any atom is 0.290 e. The summed E-state index contributed by atoms with van der Waals surface area (Å²) in [6.45, 7) is 8.29. The number of nitrogens with zero attached hydrogens (tertiary/aromatic N) is 2. The van der Waals surface area contributed by atoms with E-state index in [0.717, 1.165) is 19.6 Å². The Kier molecular flexibility index (Phi) is 8.18. The number of benzene rings is 1. The fourth-order valence-corrected chi connectivity index (χ4v) is 4.34. The molecule has 4 rings (SSSR count). The van der Waals surface area contributed by atoms with Crippen LogP contribution in [-0.4, -0.2) is 72.6 Å². The Bertz CT molecular complexity index is 1100. The van der Waals surface area contributed by atoms with Gasteiger partial charge in [0.25, 0.3) is 5.91 Å². The number of ether oxygens (including phenoxy) is 2. The van der Waals surface area contributed by atoms with Gasteiger partial charge in [-0.3, -0.25) is 14.5 Å². The van der Waals surface area contributed by atoms with E-state index in [-0.39, 0.29) is 5.57 Å². The standard InChI is InChI=1S/C27H30N2O6/c1-2-15-34-22-7-3-6-20(19-22)25-24(23(30)10-9-21-8-4-16-35-21)26(31)27(32)29(25)12-5-11-28-13-17-33-18-14-28/h2-4,6-10,16,19,25,31H,1,5,11-15,17-18H2/b10-9+. The lowest BCUT2D eigenvalue weighted by atomic mass is 9.95. The van der Waals surface area contributed by atoms with Crippen molar-refractivity contribution in [3.05, 3.63) is 84.0 Å².